The molecule has 0 heterocycles. The van der Waals surface area contributed by atoms with Gasteiger partial charge in [-0.25, -0.2) is 0 Å². The van der Waals surface area contributed by atoms with Crippen LogP contribution in [0, 0.1) is 0 Å². The standard InChI is InChI=1S/C8H15BBrIOS/c1-8(10)6-4-3-5-7-13-9(11)12-2/h1,3-7H2,2H3. The van der Waals surface area contributed by atoms with Crippen molar-refractivity contribution < 1.29 is 4.65 Å². The maximum Gasteiger partial charge on any atom is 0.434 e. The largest absolute Gasteiger partial charge is 0.434 e. The van der Waals surface area contributed by atoms with Crippen LogP contribution in [0.2, 0.25) is 0 Å². The highest BCUT2D eigenvalue weighted by atomic mass is 127. The maximum atomic E-state index is 5.12. The molecule has 0 rings (SSSR count). The second-order valence-electron chi connectivity index (χ2n) is 2.71. The molecule has 0 radical (unpaired) electrons. The summed E-state index contributed by atoms with van der Waals surface area (Å²) >= 11 is 7.52. The van der Waals surface area contributed by atoms with E-state index >= 15 is 0 Å². The van der Waals surface area contributed by atoms with Crippen LogP contribution in [0.15, 0.2) is 11.1 Å². The molecule has 0 aliphatic rings. The van der Waals surface area contributed by atoms with Crippen molar-refractivity contribution in [2.75, 3.05) is 12.9 Å². The zero-order valence-corrected chi connectivity index (χ0v) is 12.5. The Hall–Kier alpha value is 1.32. The highest BCUT2D eigenvalue weighted by Crippen LogP contribution is 2.17. The summed E-state index contributed by atoms with van der Waals surface area (Å²) < 4.78 is 6.55. The topological polar surface area (TPSA) is 9.23 Å². The van der Waals surface area contributed by atoms with E-state index in [4.69, 9.17) is 4.65 Å². The van der Waals surface area contributed by atoms with E-state index in [-0.39, 0.29) is 0 Å². The molecule has 0 aromatic carbocycles. The van der Waals surface area contributed by atoms with Crippen LogP contribution in [0.1, 0.15) is 25.7 Å². The third-order valence-corrected chi connectivity index (χ3v) is 4.49. The van der Waals surface area contributed by atoms with Crippen molar-refractivity contribution in [1.82, 2.24) is 0 Å². The molecule has 0 spiro atoms. The molecule has 0 aliphatic heterocycles. The van der Waals surface area contributed by atoms with Crippen LogP contribution in [0.3, 0.4) is 0 Å². The fraction of sp³-hybridized carbons (Fsp3) is 0.750. The van der Waals surface area contributed by atoms with Crippen molar-refractivity contribution in [1.29, 1.82) is 0 Å². The Morgan fingerprint density at radius 3 is 2.77 bits per heavy atom. The van der Waals surface area contributed by atoms with Gasteiger partial charge in [0, 0.05) is 7.11 Å². The summed E-state index contributed by atoms with van der Waals surface area (Å²) in [5.41, 5.74) is 0. The molecule has 1 nitrogen and oxygen atoms in total. The lowest BCUT2D eigenvalue weighted by atomic mass is 10.2. The molecule has 0 atom stereocenters. The van der Waals surface area contributed by atoms with Gasteiger partial charge in [-0.1, -0.05) is 51.3 Å². The zero-order chi connectivity index (χ0) is 10.1. The van der Waals surface area contributed by atoms with Crippen molar-refractivity contribution in [3.05, 3.63) is 11.1 Å². The number of rotatable bonds is 8. The fourth-order valence-corrected chi connectivity index (χ4v) is 2.58. The quantitative estimate of drug-likeness (QED) is 0.356. The van der Waals surface area contributed by atoms with Crippen LogP contribution in [0.25, 0.3) is 0 Å². The summed E-state index contributed by atoms with van der Waals surface area (Å²) in [6, 6.07) is 0. The van der Waals surface area contributed by atoms with Crippen molar-refractivity contribution in [3.63, 3.8) is 0 Å². The molecule has 76 valence electrons. The Morgan fingerprint density at radius 1 is 1.54 bits per heavy atom. The first-order valence-corrected chi connectivity index (χ1v) is 7.37. The molecule has 0 fully saturated rings. The smallest absolute Gasteiger partial charge is 0.420 e. The summed E-state index contributed by atoms with van der Waals surface area (Å²) in [6.45, 7) is 3.80. The Balaban J connectivity index is 3.04. The minimum Gasteiger partial charge on any atom is -0.420 e. The van der Waals surface area contributed by atoms with E-state index in [0.717, 1.165) is 10.9 Å². The van der Waals surface area contributed by atoms with Gasteiger partial charge >= 0.3 is 4.05 Å². The fourth-order valence-electron chi connectivity index (χ4n) is 0.840. The average molecular weight is 377 g/mol. The van der Waals surface area contributed by atoms with Gasteiger partial charge in [-0.15, -0.1) is 0 Å². The number of hydrogen-bond donors (Lipinski definition) is 0. The molecule has 0 aliphatic carbocycles. The predicted molar refractivity (Wildman–Crippen MR) is 75.8 cm³/mol. The molecular weight excluding hydrogens is 362 g/mol. The van der Waals surface area contributed by atoms with E-state index in [1.54, 1.807) is 7.11 Å². The van der Waals surface area contributed by atoms with Crippen LogP contribution >= 0.6 is 49.9 Å². The number of halogens is 2. The van der Waals surface area contributed by atoms with Crippen LogP contribution in [-0.4, -0.2) is 16.9 Å². The van der Waals surface area contributed by atoms with Gasteiger partial charge in [0.25, 0.3) is 0 Å². The normalized spacial score (nSPS) is 10.1. The van der Waals surface area contributed by atoms with Gasteiger partial charge < -0.3 is 4.65 Å². The Kier molecular flexibility index (Phi) is 10.9. The number of unbranched alkanes of at least 4 members (excludes halogenated alkanes) is 2. The highest BCUT2D eigenvalue weighted by Gasteiger charge is 2.07. The highest BCUT2D eigenvalue weighted by molar-refractivity contribution is 14.1. The molecule has 0 unspecified atom stereocenters. The van der Waals surface area contributed by atoms with E-state index in [2.05, 4.69) is 44.9 Å². The lowest BCUT2D eigenvalue weighted by molar-refractivity contribution is 0.453. The summed E-state index contributed by atoms with van der Waals surface area (Å²) in [4.78, 5) is 0. The maximum absolute atomic E-state index is 5.12. The lowest BCUT2D eigenvalue weighted by Crippen LogP contribution is -2.01. The third-order valence-electron chi connectivity index (χ3n) is 1.53. The van der Waals surface area contributed by atoms with E-state index in [0.29, 0.717) is 4.05 Å². The summed E-state index contributed by atoms with van der Waals surface area (Å²) in [5.74, 6) is 1.19. The van der Waals surface area contributed by atoms with Crippen LogP contribution in [0.5, 0.6) is 0 Å². The molecule has 0 aromatic heterocycles. The second-order valence-corrected chi connectivity index (χ2v) is 6.98. The first kappa shape index (κ1) is 14.3. The Bertz CT molecular complexity index is 148. The van der Waals surface area contributed by atoms with E-state index < -0.39 is 0 Å². The molecular formula is C8H15BBrIOS. The van der Waals surface area contributed by atoms with Gasteiger partial charge in [-0.2, -0.15) is 11.6 Å². The molecule has 5 heteroatoms. The monoisotopic (exact) mass is 376 g/mol. The van der Waals surface area contributed by atoms with Gasteiger partial charge in [0.05, 0.1) is 0 Å². The van der Waals surface area contributed by atoms with Crippen LogP contribution in [0.4, 0.5) is 0 Å². The molecule has 0 saturated carbocycles. The van der Waals surface area contributed by atoms with Crippen molar-refractivity contribution in [2.45, 2.75) is 25.7 Å². The van der Waals surface area contributed by atoms with Crippen LogP contribution < -0.4 is 0 Å². The Labute approximate surface area is 107 Å². The average Bonchev–Trinajstić information content (AvgIpc) is 2.10. The van der Waals surface area contributed by atoms with Gasteiger partial charge in [0.15, 0.2) is 0 Å². The summed E-state index contributed by atoms with van der Waals surface area (Å²) in [6.07, 6.45) is 4.89. The Morgan fingerprint density at radius 2 is 2.23 bits per heavy atom. The molecule has 0 N–H and O–H groups in total. The minimum atomic E-state index is 0.309. The SMILES string of the molecule is C=C(Br)CCCCCSB(I)OC. The summed E-state index contributed by atoms with van der Waals surface area (Å²) in [5, 5.41) is 0. The molecule has 0 saturated heterocycles. The first-order valence-electron chi connectivity index (χ1n) is 4.28. The molecule has 0 aromatic rings. The number of allylic oxidation sites excluding steroid dienone is 1. The molecule has 13 heavy (non-hydrogen) atoms. The van der Waals surface area contributed by atoms with Crippen molar-refractivity contribution >= 4 is 54.0 Å². The first-order chi connectivity index (χ1) is 6.16. The molecule has 0 amide bonds. The van der Waals surface area contributed by atoms with E-state index in [1.165, 1.54) is 25.0 Å². The lowest BCUT2D eigenvalue weighted by Gasteiger charge is -2.03. The van der Waals surface area contributed by atoms with Gasteiger partial charge in [0.1, 0.15) is 0 Å². The van der Waals surface area contributed by atoms with Gasteiger partial charge in [-0.3, -0.25) is 0 Å². The molecule has 0 bridgehead atoms. The number of hydrogen-bond acceptors (Lipinski definition) is 2. The van der Waals surface area contributed by atoms with E-state index in [9.17, 15) is 0 Å². The third kappa shape index (κ3) is 11.3. The van der Waals surface area contributed by atoms with E-state index in [1.807, 2.05) is 11.6 Å². The predicted octanol–water partition coefficient (Wildman–Crippen LogP) is 4.25. The van der Waals surface area contributed by atoms with Crippen molar-refractivity contribution in [2.24, 2.45) is 0 Å². The summed E-state index contributed by atoms with van der Waals surface area (Å²) in [7, 11) is 1.75. The van der Waals surface area contributed by atoms with Crippen molar-refractivity contribution in [3.8, 4) is 0 Å². The zero-order valence-electron chi connectivity index (χ0n) is 7.89. The minimum absolute atomic E-state index is 0.309. The second kappa shape index (κ2) is 9.86. The van der Waals surface area contributed by atoms with Crippen LogP contribution in [-0.2, 0) is 4.65 Å². The van der Waals surface area contributed by atoms with Gasteiger partial charge in [0.2, 0.25) is 0 Å². The van der Waals surface area contributed by atoms with Gasteiger partial charge in [-0.05, 0) is 29.5 Å².